The maximum Gasteiger partial charge on any atom is 0.354 e. The fourth-order valence-corrected chi connectivity index (χ4v) is 6.71. The Labute approximate surface area is 175 Å². The number of fused-ring (bicyclic) bond motifs is 2. The summed E-state index contributed by atoms with van der Waals surface area (Å²) >= 11 is 1.13. The number of nitrogens with one attached hydrogen (secondary N) is 1. The number of pyridine rings is 1. The molecule has 2 aromatic heterocycles. The van der Waals surface area contributed by atoms with Crippen LogP contribution in [0.3, 0.4) is 0 Å². The largest absolute Gasteiger partial charge is 0.385 e. The number of thiophene rings is 1. The summed E-state index contributed by atoms with van der Waals surface area (Å²) in [6.45, 7) is 5.12. The molecule has 9 heteroatoms. The predicted octanol–water partition coefficient (Wildman–Crippen LogP) is 3.59. The third kappa shape index (κ3) is 3.84. The Bertz CT molecular complexity index is 1090. The van der Waals surface area contributed by atoms with Crippen LogP contribution >= 0.6 is 11.3 Å². The fourth-order valence-electron chi connectivity index (χ4n) is 4.24. The van der Waals surface area contributed by atoms with Crippen molar-refractivity contribution in [2.24, 2.45) is 9.50 Å². The van der Waals surface area contributed by atoms with Crippen LogP contribution in [0.4, 0.5) is 10.5 Å². The molecule has 0 spiro atoms. The molecule has 29 heavy (non-hydrogen) atoms. The van der Waals surface area contributed by atoms with E-state index in [9.17, 15) is 14.1 Å². The molecule has 156 valence electrons. The molecular weight excluding hydrogens is 408 g/mol. The monoisotopic (exact) mass is 434 g/mol. The number of nitrogens with zero attached hydrogens (tertiary/aromatic N) is 2. The summed E-state index contributed by atoms with van der Waals surface area (Å²) in [6.07, 6.45) is 5.64. The second-order valence-electron chi connectivity index (χ2n) is 8.27. The molecule has 0 bridgehead atoms. The van der Waals surface area contributed by atoms with E-state index >= 15 is 0 Å². The number of carbonyl (C=O) groups is 1. The quantitative estimate of drug-likeness (QED) is 0.684. The Kier molecular flexibility index (Phi) is 5.05. The second-order valence-corrected chi connectivity index (χ2v) is 11.3. The van der Waals surface area contributed by atoms with Gasteiger partial charge in [-0.15, -0.1) is 15.7 Å². The number of rotatable bonds is 3. The van der Waals surface area contributed by atoms with E-state index in [4.69, 9.17) is 10.1 Å². The van der Waals surface area contributed by atoms with Gasteiger partial charge in [0.1, 0.15) is 4.21 Å². The number of amides is 2. The van der Waals surface area contributed by atoms with Gasteiger partial charge in [0.15, 0.2) is 9.92 Å². The summed E-state index contributed by atoms with van der Waals surface area (Å²) in [5, 5.41) is 19.1. The highest BCUT2D eigenvalue weighted by Crippen LogP contribution is 2.37. The fraction of sp³-hybridized carbons (Fsp3) is 0.500. The van der Waals surface area contributed by atoms with E-state index in [1.54, 1.807) is 19.9 Å². The summed E-state index contributed by atoms with van der Waals surface area (Å²) in [6, 6.07) is 0.932. The number of carbonyl (C=O) groups excluding carboxylic acids is 1. The summed E-state index contributed by atoms with van der Waals surface area (Å²) < 4.78 is 17.1. The first-order valence-corrected chi connectivity index (χ1v) is 12.2. The van der Waals surface area contributed by atoms with E-state index < -0.39 is 21.5 Å². The molecule has 2 aliphatic rings. The Morgan fingerprint density at radius 2 is 1.83 bits per heavy atom. The smallest absolute Gasteiger partial charge is 0.354 e. The van der Waals surface area contributed by atoms with Crippen LogP contribution in [0.2, 0.25) is 0 Å². The summed E-state index contributed by atoms with van der Waals surface area (Å²) in [4.78, 5) is 18.1. The van der Waals surface area contributed by atoms with Gasteiger partial charge in [-0.05, 0) is 82.1 Å². The molecule has 0 aliphatic heterocycles. The zero-order chi connectivity index (χ0) is 21.0. The van der Waals surface area contributed by atoms with Gasteiger partial charge >= 0.3 is 6.03 Å². The summed E-state index contributed by atoms with van der Waals surface area (Å²) in [5.74, 6) is 0. The highest BCUT2D eigenvalue weighted by atomic mass is 32.2. The molecule has 4 rings (SSSR count). The molecule has 1 atom stereocenters. The van der Waals surface area contributed by atoms with Crippen molar-refractivity contribution in [2.75, 3.05) is 5.32 Å². The highest BCUT2D eigenvalue weighted by molar-refractivity contribution is 7.93. The molecule has 4 N–H and O–H groups in total. The zero-order valence-electron chi connectivity index (χ0n) is 16.9. The van der Waals surface area contributed by atoms with Crippen molar-refractivity contribution in [3.63, 3.8) is 0 Å². The molecule has 0 aromatic carbocycles. The first-order valence-electron chi connectivity index (χ1n) is 9.79. The van der Waals surface area contributed by atoms with Crippen LogP contribution in [0.1, 0.15) is 59.6 Å². The lowest BCUT2D eigenvalue weighted by Gasteiger charge is -2.16. The molecule has 0 fully saturated rings. The van der Waals surface area contributed by atoms with Crippen molar-refractivity contribution < 1.29 is 14.1 Å². The van der Waals surface area contributed by atoms with Crippen LogP contribution in [0.25, 0.3) is 0 Å². The van der Waals surface area contributed by atoms with Crippen LogP contribution in [0, 0.1) is 6.92 Å². The molecule has 0 saturated carbocycles. The van der Waals surface area contributed by atoms with Gasteiger partial charge in [0, 0.05) is 16.3 Å². The SMILES string of the molecule is Cc1cc(S(N)(=O)=NC(=O)Nc2c3c(nc4c2CCC4)CCC3)sc1C(C)(C)O. The van der Waals surface area contributed by atoms with Crippen molar-refractivity contribution in [1.29, 1.82) is 0 Å². The minimum absolute atomic E-state index is 0.285. The first kappa shape index (κ1) is 20.5. The van der Waals surface area contributed by atoms with E-state index in [2.05, 4.69) is 9.68 Å². The van der Waals surface area contributed by atoms with E-state index in [-0.39, 0.29) is 4.21 Å². The molecule has 7 nitrogen and oxygen atoms in total. The van der Waals surface area contributed by atoms with Crippen molar-refractivity contribution >= 4 is 33.0 Å². The Balaban J connectivity index is 1.67. The van der Waals surface area contributed by atoms with Crippen molar-refractivity contribution in [3.05, 3.63) is 39.0 Å². The molecule has 1 unspecified atom stereocenters. The topological polar surface area (TPSA) is 118 Å². The molecular formula is C20H26N4O3S2. The Morgan fingerprint density at radius 1 is 1.24 bits per heavy atom. The number of aryl methyl sites for hydroxylation is 3. The van der Waals surface area contributed by atoms with Crippen LogP contribution < -0.4 is 10.5 Å². The van der Waals surface area contributed by atoms with Gasteiger partial charge in [-0.25, -0.2) is 14.1 Å². The molecule has 2 amide bonds. The van der Waals surface area contributed by atoms with Gasteiger partial charge in [-0.3, -0.25) is 4.98 Å². The van der Waals surface area contributed by atoms with Crippen molar-refractivity contribution in [1.82, 2.24) is 4.98 Å². The third-order valence-corrected chi connectivity index (χ3v) is 8.88. The predicted molar refractivity (Wildman–Crippen MR) is 115 cm³/mol. The number of hydrogen-bond donors (Lipinski definition) is 3. The lowest BCUT2D eigenvalue weighted by molar-refractivity contribution is 0.0819. The summed E-state index contributed by atoms with van der Waals surface area (Å²) in [7, 11) is -3.41. The Morgan fingerprint density at radius 3 is 2.34 bits per heavy atom. The van der Waals surface area contributed by atoms with Gasteiger partial charge < -0.3 is 10.4 Å². The standard InChI is InChI=1S/C20H26N4O3S2/c1-11-10-16(28-18(11)20(2,3)26)29(21,27)24-19(25)23-17-12-6-4-8-14(12)22-15-9-5-7-13(15)17/h10,26H,4-9H2,1-3H3,(H3,21,22,23,24,25,27). The summed E-state index contributed by atoms with van der Waals surface area (Å²) in [5.41, 5.74) is 4.75. The van der Waals surface area contributed by atoms with Gasteiger partial charge in [-0.2, -0.15) is 0 Å². The van der Waals surface area contributed by atoms with E-state index in [0.717, 1.165) is 83.6 Å². The maximum atomic E-state index is 13.0. The van der Waals surface area contributed by atoms with Crippen LogP contribution in [-0.4, -0.2) is 20.3 Å². The average molecular weight is 435 g/mol. The van der Waals surface area contributed by atoms with Crippen molar-refractivity contribution in [2.45, 2.75) is 69.1 Å². The number of anilines is 1. The molecule has 2 heterocycles. The molecule has 2 aromatic rings. The van der Waals surface area contributed by atoms with Gasteiger partial charge in [0.25, 0.3) is 0 Å². The first-order chi connectivity index (χ1) is 13.6. The minimum atomic E-state index is -3.41. The van der Waals surface area contributed by atoms with Crippen molar-refractivity contribution in [3.8, 4) is 0 Å². The third-order valence-electron chi connectivity index (χ3n) is 5.44. The maximum absolute atomic E-state index is 13.0. The minimum Gasteiger partial charge on any atom is -0.385 e. The van der Waals surface area contributed by atoms with Gasteiger partial charge in [0.2, 0.25) is 0 Å². The number of aromatic nitrogens is 1. The Hall–Kier alpha value is -1.81. The lowest BCUT2D eigenvalue weighted by atomic mass is 10.1. The average Bonchev–Trinajstić information content (AvgIpc) is 3.31. The highest BCUT2D eigenvalue weighted by Gasteiger charge is 2.28. The second kappa shape index (κ2) is 7.16. The zero-order valence-corrected chi connectivity index (χ0v) is 18.5. The van der Waals surface area contributed by atoms with E-state index in [1.807, 2.05) is 6.92 Å². The van der Waals surface area contributed by atoms with Crippen LogP contribution in [0.5, 0.6) is 0 Å². The normalized spacial score (nSPS) is 17.6. The molecule has 0 saturated heterocycles. The van der Waals surface area contributed by atoms with Gasteiger partial charge in [-0.1, -0.05) is 0 Å². The number of aliphatic hydroxyl groups is 1. The number of nitrogens with two attached hydrogens (primary N) is 1. The number of hydrogen-bond acceptors (Lipinski definition) is 5. The lowest BCUT2D eigenvalue weighted by Crippen LogP contribution is -2.18. The number of urea groups is 1. The molecule has 0 radical (unpaired) electrons. The molecule has 2 aliphatic carbocycles. The van der Waals surface area contributed by atoms with E-state index in [0.29, 0.717) is 4.88 Å². The van der Waals surface area contributed by atoms with Crippen LogP contribution in [-0.2, 0) is 41.2 Å². The van der Waals surface area contributed by atoms with E-state index in [1.165, 1.54) is 0 Å². The van der Waals surface area contributed by atoms with Gasteiger partial charge in [0.05, 0.1) is 11.3 Å². The van der Waals surface area contributed by atoms with Crippen LogP contribution in [0.15, 0.2) is 14.6 Å².